The number of fused-ring (bicyclic) bond motifs is 1. The van der Waals surface area contributed by atoms with E-state index in [9.17, 15) is 4.79 Å². The number of carbonyl (C=O) groups excluding carboxylic acids is 1. The lowest BCUT2D eigenvalue weighted by Gasteiger charge is -2.30. The Bertz CT molecular complexity index is 1290. The lowest BCUT2D eigenvalue weighted by Crippen LogP contribution is -2.36. The maximum absolute atomic E-state index is 13.2. The van der Waals surface area contributed by atoms with Gasteiger partial charge in [-0.2, -0.15) is 0 Å². The largest absolute Gasteiger partial charge is 0.378 e. The van der Waals surface area contributed by atoms with E-state index in [1.807, 2.05) is 6.20 Å². The van der Waals surface area contributed by atoms with Crippen molar-refractivity contribution in [3.63, 3.8) is 0 Å². The van der Waals surface area contributed by atoms with Crippen molar-refractivity contribution in [2.24, 2.45) is 11.1 Å². The van der Waals surface area contributed by atoms with Crippen molar-refractivity contribution in [1.82, 2.24) is 4.98 Å². The standard InChI is InChI=1S/C29H34N4O2S/c1-29(2)16-23-26(28(32-10-12-35-13-11-32)36-27(23)25(34)17-29)20-6-8-31-24(15-20)19-4-3-5-22(14-19)33-9-7-21(30)18-33/h3-6,8,14-15,21H,7,9-13,16-18,30H2,1-2H3. The minimum atomic E-state index is -0.0387. The number of pyridine rings is 1. The first kappa shape index (κ1) is 23.6. The summed E-state index contributed by atoms with van der Waals surface area (Å²) >= 11 is 1.68. The summed E-state index contributed by atoms with van der Waals surface area (Å²) in [6.45, 7) is 9.43. The predicted octanol–water partition coefficient (Wildman–Crippen LogP) is 5.01. The van der Waals surface area contributed by atoms with Crippen LogP contribution in [0.4, 0.5) is 10.7 Å². The van der Waals surface area contributed by atoms with Crippen LogP contribution in [0.1, 0.15) is 41.9 Å². The number of nitrogens with zero attached hydrogens (tertiary/aromatic N) is 3. The quantitative estimate of drug-likeness (QED) is 0.541. The highest BCUT2D eigenvalue weighted by atomic mass is 32.1. The molecule has 1 aromatic carbocycles. The SMILES string of the molecule is CC1(C)CC(=O)c2sc(N3CCOCC3)c(-c3ccnc(-c4cccc(N5CCC(N)C5)c4)c3)c2C1. The summed E-state index contributed by atoms with van der Waals surface area (Å²) in [5.74, 6) is 0.276. The Hall–Kier alpha value is -2.74. The van der Waals surface area contributed by atoms with E-state index in [0.29, 0.717) is 6.42 Å². The van der Waals surface area contributed by atoms with Gasteiger partial charge in [0.05, 0.1) is 28.8 Å². The van der Waals surface area contributed by atoms with Crippen molar-refractivity contribution < 1.29 is 9.53 Å². The van der Waals surface area contributed by atoms with Crippen LogP contribution in [0, 0.1) is 5.41 Å². The molecule has 1 aliphatic carbocycles. The third kappa shape index (κ3) is 4.44. The first-order valence-electron chi connectivity index (χ1n) is 13.0. The van der Waals surface area contributed by atoms with Gasteiger partial charge in [0.25, 0.3) is 0 Å². The van der Waals surface area contributed by atoms with Crippen molar-refractivity contribution in [2.75, 3.05) is 49.2 Å². The molecule has 188 valence electrons. The van der Waals surface area contributed by atoms with Crippen LogP contribution in [-0.2, 0) is 11.2 Å². The van der Waals surface area contributed by atoms with E-state index in [1.165, 1.54) is 21.8 Å². The maximum Gasteiger partial charge on any atom is 0.173 e. The Balaban J connectivity index is 1.43. The molecule has 1 atom stereocenters. The number of aromatic nitrogens is 1. The van der Waals surface area contributed by atoms with E-state index in [0.717, 1.165) is 73.9 Å². The molecule has 3 aliphatic rings. The fraction of sp³-hybridized carbons (Fsp3) is 0.448. The molecule has 36 heavy (non-hydrogen) atoms. The van der Waals surface area contributed by atoms with Crippen molar-refractivity contribution >= 4 is 27.8 Å². The number of carbonyl (C=O) groups is 1. The Morgan fingerprint density at radius 3 is 2.67 bits per heavy atom. The van der Waals surface area contributed by atoms with Gasteiger partial charge in [0.1, 0.15) is 0 Å². The summed E-state index contributed by atoms with van der Waals surface area (Å²) in [6, 6.07) is 13.2. The average molecular weight is 503 g/mol. The molecule has 7 heteroatoms. The van der Waals surface area contributed by atoms with Crippen molar-refractivity contribution in [1.29, 1.82) is 0 Å². The number of morpholine rings is 1. The lowest BCUT2D eigenvalue weighted by atomic mass is 9.75. The molecule has 2 N–H and O–H groups in total. The minimum Gasteiger partial charge on any atom is -0.378 e. The number of rotatable bonds is 4. The van der Waals surface area contributed by atoms with Gasteiger partial charge in [-0.25, -0.2) is 0 Å². The molecule has 1 unspecified atom stereocenters. The zero-order valence-electron chi connectivity index (χ0n) is 21.1. The number of hydrogen-bond donors (Lipinski definition) is 1. The molecular weight excluding hydrogens is 468 g/mol. The van der Waals surface area contributed by atoms with Gasteiger partial charge in [0.15, 0.2) is 5.78 Å². The van der Waals surface area contributed by atoms with Crippen LogP contribution >= 0.6 is 11.3 Å². The van der Waals surface area contributed by atoms with Gasteiger partial charge in [0.2, 0.25) is 0 Å². The summed E-state index contributed by atoms with van der Waals surface area (Å²) < 4.78 is 5.63. The summed E-state index contributed by atoms with van der Waals surface area (Å²) in [4.78, 5) is 23.7. The molecule has 0 radical (unpaired) electrons. The Labute approximate surface area is 217 Å². The lowest BCUT2D eigenvalue weighted by molar-refractivity contribution is 0.0918. The van der Waals surface area contributed by atoms with Crippen LogP contribution in [0.2, 0.25) is 0 Å². The predicted molar refractivity (Wildman–Crippen MR) is 147 cm³/mol. The van der Waals surface area contributed by atoms with Gasteiger partial charge in [-0.3, -0.25) is 9.78 Å². The van der Waals surface area contributed by atoms with Gasteiger partial charge < -0.3 is 20.3 Å². The second-order valence-corrected chi connectivity index (χ2v) is 12.1. The summed E-state index contributed by atoms with van der Waals surface area (Å²) in [7, 11) is 0. The number of ether oxygens (including phenoxy) is 1. The zero-order valence-corrected chi connectivity index (χ0v) is 21.9. The van der Waals surface area contributed by atoms with Crippen molar-refractivity contribution in [3.05, 3.63) is 53.0 Å². The zero-order chi connectivity index (χ0) is 24.9. The number of Topliss-reactive ketones (excluding diaryl/α,β-unsaturated/α-hetero) is 1. The van der Waals surface area contributed by atoms with Gasteiger partial charge in [-0.05, 0) is 53.6 Å². The number of ketones is 1. The van der Waals surface area contributed by atoms with Crippen molar-refractivity contribution in [3.8, 4) is 22.4 Å². The molecule has 6 nitrogen and oxygen atoms in total. The fourth-order valence-electron chi connectivity index (χ4n) is 5.82. The minimum absolute atomic E-state index is 0.0387. The van der Waals surface area contributed by atoms with Gasteiger partial charge >= 0.3 is 0 Å². The Morgan fingerprint density at radius 2 is 1.89 bits per heavy atom. The van der Waals surface area contributed by atoms with Crippen LogP contribution in [0.3, 0.4) is 0 Å². The first-order valence-corrected chi connectivity index (χ1v) is 13.8. The molecule has 2 saturated heterocycles. The van der Waals surface area contributed by atoms with Gasteiger partial charge in [-0.15, -0.1) is 11.3 Å². The van der Waals surface area contributed by atoms with E-state index in [2.05, 4.69) is 60.0 Å². The Kier molecular flexibility index (Phi) is 6.10. The number of benzene rings is 1. The molecular formula is C29H34N4O2S. The highest BCUT2D eigenvalue weighted by Crippen LogP contribution is 2.49. The molecule has 2 aromatic heterocycles. The highest BCUT2D eigenvalue weighted by molar-refractivity contribution is 7.19. The first-order chi connectivity index (χ1) is 17.4. The molecule has 4 heterocycles. The van der Waals surface area contributed by atoms with E-state index in [1.54, 1.807) is 11.3 Å². The molecule has 0 saturated carbocycles. The molecule has 0 bridgehead atoms. The number of anilines is 2. The molecule has 6 rings (SSSR count). The molecule has 2 fully saturated rings. The third-order valence-corrected chi connectivity index (χ3v) is 8.95. The number of hydrogen-bond acceptors (Lipinski definition) is 7. The molecule has 0 spiro atoms. The van der Waals surface area contributed by atoms with Crippen LogP contribution in [-0.4, -0.2) is 56.2 Å². The topological polar surface area (TPSA) is 71.7 Å². The van der Waals surface area contributed by atoms with Crippen LogP contribution in [0.25, 0.3) is 22.4 Å². The van der Waals surface area contributed by atoms with Gasteiger partial charge in [-0.1, -0.05) is 26.0 Å². The van der Waals surface area contributed by atoms with Crippen LogP contribution < -0.4 is 15.5 Å². The van der Waals surface area contributed by atoms with E-state index < -0.39 is 0 Å². The van der Waals surface area contributed by atoms with Crippen LogP contribution in [0.5, 0.6) is 0 Å². The summed E-state index contributed by atoms with van der Waals surface area (Å²) in [6.07, 6.45) is 4.45. The second-order valence-electron chi connectivity index (χ2n) is 11.1. The number of nitrogens with two attached hydrogens (primary N) is 1. The smallest absolute Gasteiger partial charge is 0.173 e. The second kappa shape index (κ2) is 9.29. The monoisotopic (exact) mass is 502 g/mol. The van der Waals surface area contributed by atoms with Crippen LogP contribution in [0.15, 0.2) is 42.6 Å². The normalized spacial score (nSPS) is 21.6. The molecule has 3 aromatic rings. The number of thiophene rings is 1. The van der Waals surface area contributed by atoms with E-state index in [-0.39, 0.29) is 17.2 Å². The van der Waals surface area contributed by atoms with Crippen molar-refractivity contribution in [2.45, 2.75) is 39.2 Å². The summed E-state index contributed by atoms with van der Waals surface area (Å²) in [5.41, 5.74) is 12.9. The van der Waals surface area contributed by atoms with Gasteiger partial charge in [0, 0.05) is 61.7 Å². The molecule has 0 amide bonds. The highest BCUT2D eigenvalue weighted by Gasteiger charge is 2.37. The average Bonchev–Trinajstić information content (AvgIpc) is 3.48. The van der Waals surface area contributed by atoms with E-state index in [4.69, 9.17) is 15.5 Å². The molecule has 2 aliphatic heterocycles. The fourth-order valence-corrected chi connectivity index (χ4v) is 7.15. The third-order valence-electron chi connectivity index (χ3n) is 7.61. The Morgan fingerprint density at radius 1 is 1.06 bits per heavy atom. The summed E-state index contributed by atoms with van der Waals surface area (Å²) in [5, 5.41) is 1.20. The maximum atomic E-state index is 13.2. The van der Waals surface area contributed by atoms with E-state index >= 15 is 0 Å².